The summed E-state index contributed by atoms with van der Waals surface area (Å²) >= 11 is 0. The quantitative estimate of drug-likeness (QED) is 0.782. The lowest BCUT2D eigenvalue weighted by Gasteiger charge is -2.40. The number of hydrogen-bond acceptors (Lipinski definition) is 5. The normalized spacial score (nSPS) is 22.0. The van der Waals surface area contributed by atoms with Gasteiger partial charge in [0.05, 0.1) is 18.8 Å². The lowest BCUT2D eigenvalue weighted by atomic mass is 9.99. The molecule has 19 heavy (non-hydrogen) atoms. The van der Waals surface area contributed by atoms with E-state index < -0.39 is 0 Å². The Morgan fingerprint density at radius 3 is 2.95 bits per heavy atom. The van der Waals surface area contributed by atoms with E-state index in [9.17, 15) is 4.79 Å². The minimum Gasteiger partial charge on any atom is -0.371 e. The van der Waals surface area contributed by atoms with E-state index in [0.29, 0.717) is 26.1 Å². The molecule has 2 aliphatic rings. The zero-order valence-corrected chi connectivity index (χ0v) is 11.0. The molecule has 3 rings (SSSR count). The van der Waals surface area contributed by atoms with Crippen LogP contribution in [0.25, 0.3) is 0 Å². The Balaban J connectivity index is 1.54. The van der Waals surface area contributed by atoms with Crippen molar-refractivity contribution in [3.05, 3.63) is 6.33 Å². The molecule has 1 amide bonds. The van der Waals surface area contributed by atoms with Crippen molar-refractivity contribution in [2.75, 3.05) is 19.7 Å². The van der Waals surface area contributed by atoms with Crippen LogP contribution in [0, 0.1) is 0 Å². The summed E-state index contributed by atoms with van der Waals surface area (Å²) in [6.07, 6.45) is 6.58. The first-order valence-electron chi connectivity index (χ1n) is 6.90. The highest BCUT2D eigenvalue weighted by molar-refractivity contribution is 5.76. The molecule has 7 nitrogen and oxygen atoms in total. The zero-order chi connectivity index (χ0) is 13.1. The largest absolute Gasteiger partial charge is 0.371 e. The van der Waals surface area contributed by atoms with Crippen molar-refractivity contribution < 1.29 is 9.53 Å². The van der Waals surface area contributed by atoms with Crippen molar-refractivity contribution in [1.82, 2.24) is 25.1 Å². The lowest BCUT2D eigenvalue weighted by Crippen LogP contribution is -2.52. The van der Waals surface area contributed by atoms with Crippen LogP contribution in [0.2, 0.25) is 0 Å². The number of aromatic nitrogens is 4. The Kier molecular flexibility index (Phi) is 3.46. The predicted molar refractivity (Wildman–Crippen MR) is 66.2 cm³/mol. The van der Waals surface area contributed by atoms with E-state index in [1.165, 1.54) is 19.2 Å². The number of ether oxygens (including phenoxy) is 1. The maximum Gasteiger partial charge on any atom is 0.224 e. The van der Waals surface area contributed by atoms with Gasteiger partial charge in [0.15, 0.2) is 0 Å². The minimum atomic E-state index is -0.0529. The molecule has 1 saturated heterocycles. The molecule has 0 radical (unpaired) electrons. The first-order chi connectivity index (χ1) is 9.27. The van der Waals surface area contributed by atoms with E-state index in [1.807, 2.05) is 4.90 Å². The molecule has 0 atom stereocenters. The summed E-state index contributed by atoms with van der Waals surface area (Å²) in [5.74, 6) is 0.171. The monoisotopic (exact) mass is 265 g/mol. The topological polar surface area (TPSA) is 73.1 Å². The van der Waals surface area contributed by atoms with Gasteiger partial charge in [-0.2, -0.15) is 0 Å². The number of aryl methyl sites for hydroxylation is 1. The summed E-state index contributed by atoms with van der Waals surface area (Å²) in [5, 5.41) is 10.9. The summed E-state index contributed by atoms with van der Waals surface area (Å²) in [6.45, 7) is 2.66. The van der Waals surface area contributed by atoms with Crippen molar-refractivity contribution in [3.63, 3.8) is 0 Å². The molecule has 1 spiro atoms. The average Bonchev–Trinajstić information content (AvgIpc) is 3.08. The molecule has 104 valence electrons. The van der Waals surface area contributed by atoms with Crippen molar-refractivity contribution in [3.8, 4) is 0 Å². The van der Waals surface area contributed by atoms with E-state index in [4.69, 9.17) is 4.74 Å². The Morgan fingerprint density at radius 1 is 1.37 bits per heavy atom. The third-order valence-electron chi connectivity index (χ3n) is 4.06. The van der Waals surface area contributed by atoms with Gasteiger partial charge in [-0.25, -0.2) is 4.68 Å². The van der Waals surface area contributed by atoms with Crippen LogP contribution in [0.3, 0.4) is 0 Å². The van der Waals surface area contributed by atoms with Gasteiger partial charge < -0.3 is 9.64 Å². The zero-order valence-electron chi connectivity index (χ0n) is 11.0. The van der Waals surface area contributed by atoms with Crippen LogP contribution in [0.1, 0.15) is 32.1 Å². The highest BCUT2D eigenvalue weighted by Crippen LogP contribution is 2.35. The SMILES string of the molecule is O=C(CCn1cnnn1)N1CCOC2(CCCC2)C1. The van der Waals surface area contributed by atoms with Gasteiger partial charge in [0.25, 0.3) is 0 Å². The minimum absolute atomic E-state index is 0.0529. The van der Waals surface area contributed by atoms with E-state index >= 15 is 0 Å². The second-order valence-corrected chi connectivity index (χ2v) is 5.38. The van der Waals surface area contributed by atoms with Gasteiger partial charge in [-0.1, -0.05) is 12.8 Å². The highest BCUT2D eigenvalue weighted by atomic mass is 16.5. The third kappa shape index (κ3) is 2.75. The van der Waals surface area contributed by atoms with Gasteiger partial charge in [-0.05, 0) is 23.3 Å². The second-order valence-electron chi connectivity index (χ2n) is 5.38. The van der Waals surface area contributed by atoms with Gasteiger partial charge >= 0.3 is 0 Å². The van der Waals surface area contributed by atoms with Crippen molar-refractivity contribution in [2.24, 2.45) is 0 Å². The van der Waals surface area contributed by atoms with Crippen LogP contribution < -0.4 is 0 Å². The predicted octanol–water partition coefficient (Wildman–Crippen LogP) is 0.235. The van der Waals surface area contributed by atoms with Crippen molar-refractivity contribution >= 4 is 5.91 Å². The third-order valence-corrected chi connectivity index (χ3v) is 4.06. The molecule has 2 heterocycles. The van der Waals surface area contributed by atoms with Gasteiger partial charge in [0.1, 0.15) is 6.33 Å². The summed E-state index contributed by atoms with van der Waals surface area (Å²) in [5.41, 5.74) is -0.0529. The fraction of sp³-hybridized carbons (Fsp3) is 0.833. The van der Waals surface area contributed by atoms with Crippen LogP contribution in [-0.4, -0.2) is 56.3 Å². The van der Waals surface area contributed by atoms with E-state index in [1.54, 1.807) is 4.68 Å². The molecule has 1 aromatic heterocycles. The number of carbonyl (C=O) groups excluding carboxylic acids is 1. The van der Waals surface area contributed by atoms with E-state index in [0.717, 1.165) is 19.4 Å². The number of carbonyl (C=O) groups is 1. The molecule has 1 aromatic rings. The molecule has 1 aliphatic carbocycles. The first kappa shape index (κ1) is 12.5. The van der Waals surface area contributed by atoms with Crippen LogP contribution >= 0.6 is 0 Å². The molecule has 0 N–H and O–H groups in total. The van der Waals surface area contributed by atoms with Gasteiger partial charge in [0, 0.05) is 19.5 Å². The fourth-order valence-electron chi connectivity index (χ4n) is 3.03. The van der Waals surface area contributed by atoms with Crippen LogP contribution in [0.15, 0.2) is 6.33 Å². The molecule has 0 bridgehead atoms. The fourth-order valence-corrected chi connectivity index (χ4v) is 3.03. The number of nitrogens with zero attached hydrogens (tertiary/aromatic N) is 5. The lowest BCUT2D eigenvalue weighted by molar-refractivity contribution is -0.150. The Morgan fingerprint density at radius 2 is 2.21 bits per heavy atom. The molecule has 0 aromatic carbocycles. The smallest absolute Gasteiger partial charge is 0.224 e. The number of morpholine rings is 1. The standard InChI is InChI=1S/C12H19N5O2/c18-11(3-6-17-10-13-14-15-17)16-7-8-19-12(9-16)4-1-2-5-12/h10H,1-9H2. The molecule has 7 heteroatoms. The Labute approximate surface area is 111 Å². The van der Waals surface area contributed by atoms with Crippen LogP contribution in [0.5, 0.6) is 0 Å². The molecule has 2 fully saturated rings. The van der Waals surface area contributed by atoms with Crippen molar-refractivity contribution in [1.29, 1.82) is 0 Å². The second kappa shape index (κ2) is 5.24. The Bertz CT molecular complexity index is 427. The van der Waals surface area contributed by atoms with Gasteiger partial charge in [0.2, 0.25) is 5.91 Å². The van der Waals surface area contributed by atoms with Gasteiger partial charge in [-0.15, -0.1) is 5.10 Å². The number of amides is 1. The highest BCUT2D eigenvalue weighted by Gasteiger charge is 2.40. The van der Waals surface area contributed by atoms with E-state index in [-0.39, 0.29) is 11.5 Å². The molecule has 1 saturated carbocycles. The molecule has 1 aliphatic heterocycles. The number of hydrogen-bond donors (Lipinski definition) is 0. The van der Waals surface area contributed by atoms with Gasteiger partial charge in [-0.3, -0.25) is 4.79 Å². The summed E-state index contributed by atoms with van der Waals surface area (Å²) < 4.78 is 7.51. The summed E-state index contributed by atoms with van der Waals surface area (Å²) in [4.78, 5) is 14.2. The van der Waals surface area contributed by atoms with Crippen molar-refractivity contribution in [2.45, 2.75) is 44.2 Å². The number of tetrazole rings is 1. The van der Waals surface area contributed by atoms with Crippen LogP contribution in [-0.2, 0) is 16.1 Å². The van der Waals surface area contributed by atoms with E-state index in [2.05, 4.69) is 15.5 Å². The molecule has 0 unspecified atom stereocenters. The number of rotatable bonds is 3. The maximum atomic E-state index is 12.2. The Hall–Kier alpha value is -1.50. The summed E-state index contributed by atoms with van der Waals surface area (Å²) in [6, 6.07) is 0. The van der Waals surface area contributed by atoms with Crippen LogP contribution in [0.4, 0.5) is 0 Å². The first-order valence-corrected chi connectivity index (χ1v) is 6.90. The average molecular weight is 265 g/mol. The summed E-state index contributed by atoms with van der Waals surface area (Å²) in [7, 11) is 0. The molecular weight excluding hydrogens is 246 g/mol. The molecular formula is C12H19N5O2. The maximum absolute atomic E-state index is 12.2.